The second-order valence-electron chi connectivity index (χ2n) is 2.12. The van der Waals surface area contributed by atoms with Crippen LogP contribution in [0.1, 0.15) is 0 Å². The Kier molecular flexibility index (Phi) is 3.16. The molecular formula is C6H5Cl2N3O2. The van der Waals surface area contributed by atoms with Gasteiger partial charge in [-0.3, -0.25) is 0 Å². The Morgan fingerprint density at radius 3 is 2.54 bits per heavy atom. The van der Waals surface area contributed by atoms with Crippen LogP contribution in [0.3, 0.4) is 0 Å². The smallest absolute Gasteiger partial charge is 0.178 e. The number of benzene rings is 1. The predicted molar refractivity (Wildman–Crippen MR) is 50.2 cm³/mol. The van der Waals surface area contributed by atoms with E-state index in [2.05, 4.69) is 5.43 Å². The molecule has 1 rings (SSSR count). The first-order valence-electron chi connectivity index (χ1n) is 3.20. The molecule has 1 aromatic carbocycles. The molecule has 0 saturated heterocycles. The van der Waals surface area contributed by atoms with Crippen molar-refractivity contribution in [3.8, 4) is 0 Å². The Balaban J connectivity index is 2.68. The highest BCUT2D eigenvalue weighted by Gasteiger charge is 1.99. The van der Waals surface area contributed by atoms with E-state index >= 15 is 0 Å². The van der Waals surface area contributed by atoms with Crippen molar-refractivity contribution in [1.82, 2.24) is 5.53 Å². The van der Waals surface area contributed by atoms with Gasteiger partial charge in [0.2, 0.25) is 0 Å². The molecule has 0 saturated carbocycles. The summed E-state index contributed by atoms with van der Waals surface area (Å²) in [4.78, 5) is 9.90. The number of rotatable bonds is 3. The molecule has 7 heteroatoms. The monoisotopic (exact) mass is 221 g/mol. The van der Waals surface area contributed by atoms with Gasteiger partial charge < -0.3 is 0 Å². The van der Waals surface area contributed by atoms with Crippen molar-refractivity contribution in [2.45, 2.75) is 0 Å². The molecule has 0 heterocycles. The minimum Gasteiger partial charge on any atom is -0.248 e. The van der Waals surface area contributed by atoms with Crippen LogP contribution in [0, 0.1) is 10.1 Å². The van der Waals surface area contributed by atoms with Gasteiger partial charge in [-0.05, 0) is 23.7 Å². The van der Waals surface area contributed by atoms with Crippen molar-refractivity contribution in [1.29, 1.82) is 0 Å². The molecule has 0 radical (unpaired) electrons. The van der Waals surface area contributed by atoms with Crippen LogP contribution in [0.4, 0.5) is 5.69 Å². The van der Waals surface area contributed by atoms with Gasteiger partial charge in [-0.1, -0.05) is 23.2 Å². The molecule has 0 atom stereocenters. The molecular weight excluding hydrogens is 217 g/mol. The zero-order valence-corrected chi connectivity index (χ0v) is 7.76. The van der Waals surface area contributed by atoms with Gasteiger partial charge in [-0.15, -0.1) is 0 Å². The van der Waals surface area contributed by atoms with Gasteiger partial charge in [0.1, 0.15) is 0 Å². The molecule has 1 aromatic rings. The highest BCUT2D eigenvalue weighted by molar-refractivity contribution is 6.42. The lowest BCUT2D eigenvalue weighted by Crippen LogP contribution is -2.27. The van der Waals surface area contributed by atoms with Crippen LogP contribution < -0.4 is 11.0 Å². The molecule has 0 bridgehead atoms. The van der Waals surface area contributed by atoms with Crippen molar-refractivity contribution >= 4 is 28.9 Å². The maximum atomic E-state index is 9.90. The fourth-order valence-electron chi connectivity index (χ4n) is 0.684. The van der Waals surface area contributed by atoms with E-state index in [1.165, 1.54) is 12.1 Å². The summed E-state index contributed by atoms with van der Waals surface area (Å²) in [7, 11) is 0. The summed E-state index contributed by atoms with van der Waals surface area (Å²) < 4.78 is 0. The van der Waals surface area contributed by atoms with Crippen LogP contribution in [0.2, 0.25) is 10.0 Å². The van der Waals surface area contributed by atoms with Gasteiger partial charge in [0.05, 0.1) is 15.7 Å². The Labute approximate surface area is 83.7 Å². The Hall–Kier alpha value is -1.20. The summed E-state index contributed by atoms with van der Waals surface area (Å²) >= 11 is 11.3. The second-order valence-corrected chi connectivity index (χ2v) is 2.94. The van der Waals surface area contributed by atoms with Crippen LogP contribution in [-0.4, -0.2) is 5.03 Å². The van der Waals surface area contributed by atoms with Crippen LogP contribution in [-0.2, 0) is 0 Å². The maximum absolute atomic E-state index is 9.90. The summed E-state index contributed by atoms with van der Waals surface area (Å²) in [5.41, 5.74) is 4.56. The van der Waals surface area contributed by atoms with E-state index in [1.54, 1.807) is 11.6 Å². The van der Waals surface area contributed by atoms with Gasteiger partial charge in [0.25, 0.3) is 0 Å². The lowest BCUT2D eigenvalue weighted by atomic mass is 10.3. The summed E-state index contributed by atoms with van der Waals surface area (Å²) in [6.45, 7) is 0. The summed E-state index contributed by atoms with van der Waals surface area (Å²) in [6, 6.07) is 4.57. The summed E-state index contributed by atoms with van der Waals surface area (Å²) in [5, 5.41) is 9.90. The third kappa shape index (κ3) is 2.96. The first kappa shape index (κ1) is 9.88. The zero-order chi connectivity index (χ0) is 9.84. The molecule has 0 aliphatic heterocycles. The zero-order valence-electron chi connectivity index (χ0n) is 6.25. The number of hydrogen-bond donors (Lipinski definition) is 2. The van der Waals surface area contributed by atoms with Crippen LogP contribution in [0.15, 0.2) is 18.2 Å². The SMILES string of the molecule is O=[N+]([O-])NNc1ccc(Cl)c(Cl)c1. The van der Waals surface area contributed by atoms with Crippen molar-refractivity contribution in [3.05, 3.63) is 38.4 Å². The van der Waals surface area contributed by atoms with E-state index in [0.29, 0.717) is 15.7 Å². The van der Waals surface area contributed by atoms with Gasteiger partial charge in [-0.25, -0.2) is 15.5 Å². The lowest BCUT2D eigenvalue weighted by molar-refractivity contribution is -0.538. The first-order chi connectivity index (χ1) is 6.09. The van der Waals surface area contributed by atoms with Crippen molar-refractivity contribution in [3.63, 3.8) is 0 Å². The molecule has 2 N–H and O–H groups in total. The highest BCUT2D eigenvalue weighted by Crippen LogP contribution is 2.24. The molecule has 13 heavy (non-hydrogen) atoms. The van der Waals surface area contributed by atoms with E-state index in [0.717, 1.165) is 0 Å². The number of nitrogens with zero attached hydrogens (tertiary/aromatic N) is 1. The molecule has 5 nitrogen and oxygen atoms in total. The van der Waals surface area contributed by atoms with E-state index < -0.39 is 5.03 Å². The molecule has 0 amide bonds. The highest BCUT2D eigenvalue weighted by atomic mass is 35.5. The molecule has 0 spiro atoms. The fraction of sp³-hybridized carbons (Fsp3) is 0. The van der Waals surface area contributed by atoms with Gasteiger partial charge >= 0.3 is 0 Å². The molecule has 0 fully saturated rings. The van der Waals surface area contributed by atoms with Crippen LogP contribution >= 0.6 is 23.2 Å². The topological polar surface area (TPSA) is 67.2 Å². The van der Waals surface area contributed by atoms with E-state index in [1.807, 2.05) is 0 Å². The van der Waals surface area contributed by atoms with E-state index in [9.17, 15) is 10.1 Å². The number of hydrogen-bond acceptors (Lipinski definition) is 3. The maximum Gasteiger partial charge on any atom is 0.178 e. The third-order valence-corrected chi connectivity index (χ3v) is 1.95. The molecule has 0 aliphatic carbocycles. The third-order valence-electron chi connectivity index (χ3n) is 1.21. The average molecular weight is 222 g/mol. The van der Waals surface area contributed by atoms with Gasteiger partial charge in [0, 0.05) is 0 Å². The molecule has 0 aromatic heterocycles. The van der Waals surface area contributed by atoms with Crippen LogP contribution in [0.25, 0.3) is 0 Å². The van der Waals surface area contributed by atoms with Crippen molar-refractivity contribution < 1.29 is 5.03 Å². The summed E-state index contributed by atoms with van der Waals surface area (Å²) in [5.74, 6) is 0. The summed E-state index contributed by atoms with van der Waals surface area (Å²) in [6.07, 6.45) is 0. The number of hydrazine groups is 2. The predicted octanol–water partition coefficient (Wildman–Crippen LogP) is 2.10. The van der Waals surface area contributed by atoms with Crippen LogP contribution in [0.5, 0.6) is 0 Å². The molecule has 70 valence electrons. The average Bonchev–Trinajstić information content (AvgIpc) is 2.07. The number of nitrogens with one attached hydrogen (secondary N) is 2. The fourth-order valence-corrected chi connectivity index (χ4v) is 0.982. The Morgan fingerprint density at radius 2 is 2.00 bits per heavy atom. The van der Waals surface area contributed by atoms with Crippen molar-refractivity contribution in [2.75, 3.05) is 5.43 Å². The largest absolute Gasteiger partial charge is 0.248 e. The van der Waals surface area contributed by atoms with Gasteiger partial charge in [0.15, 0.2) is 5.03 Å². The lowest BCUT2D eigenvalue weighted by Gasteiger charge is -2.02. The number of anilines is 1. The van der Waals surface area contributed by atoms with E-state index in [-0.39, 0.29) is 0 Å². The minimum atomic E-state index is -0.720. The normalized spacial score (nSPS) is 9.38. The molecule has 0 unspecified atom stereocenters. The van der Waals surface area contributed by atoms with E-state index in [4.69, 9.17) is 23.2 Å². The van der Waals surface area contributed by atoms with Crippen molar-refractivity contribution in [2.24, 2.45) is 0 Å². The number of halogens is 2. The van der Waals surface area contributed by atoms with Gasteiger partial charge in [-0.2, -0.15) is 0 Å². The Morgan fingerprint density at radius 1 is 1.31 bits per heavy atom. The first-order valence-corrected chi connectivity index (χ1v) is 3.96. The second kappa shape index (κ2) is 4.15. The molecule has 0 aliphatic rings. The minimum absolute atomic E-state index is 0.330. The quantitative estimate of drug-likeness (QED) is 0.606. The number of nitro groups is 1. The Bertz CT molecular complexity index is 332. The standard InChI is InChI=1S/C6H5Cl2N3O2/c7-5-2-1-4(3-6(5)8)9-10-11(12)13/h1-3,9-10H.